The van der Waals surface area contributed by atoms with E-state index in [1.165, 1.54) is 26.9 Å². The number of rotatable bonds is 4. The van der Waals surface area contributed by atoms with Gasteiger partial charge in [-0.25, -0.2) is 15.0 Å². The highest BCUT2D eigenvalue weighted by Crippen LogP contribution is 2.42. The molecule has 0 aliphatic heterocycles. The smallest absolute Gasteiger partial charge is 0.146 e. The van der Waals surface area contributed by atoms with Crippen LogP contribution in [0.15, 0.2) is 188 Å². The van der Waals surface area contributed by atoms with Crippen LogP contribution in [0.25, 0.3) is 111 Å². The first-order chi connectivity index (χ1) is 28.8. The van der Waals surface area contributed by atoms with Crippen LogP contribution in [0.4, 0.5) is 0 Å². The molecule has 0 fully saturated rings. The summed E-state index contributed by atoms with van der Waals surface area (Å²) in [4.78, 5) is 15.9. The molecule has 0 N–H and O–H groups in total. The Kier molecular flexibility index (Phi) is 6.32. The first-order valence-electron chi connectivity index (χ1n) is 19.6. The summed E-state index contributed by atoms with van der Waals surface area (Å²) in [5.74, 6) is 3.35. The summed E-state index contributed by atoms with van der Waals surface area (Å²) in [6.45, 7) is 0. The first-order valence-corrected chi connectivity index (χ1v) is 19.6. The number of hydrogen-bond donors (Lipinski definition) is 0. The number of pyridine rings is 3. The molecule has 13 aromatic rings. The van der Waals surface area contributed by atoms with E-state index in [2.05, 4.69) is 194 Å². The van der Waals surface area contributed by atoms with Crippen LogP contribution in [0.5, 0.6) is 0 Å². The highest BCUT2D eigenvalue weighted by atomic mass is 15.2. The number of aromatic nitrogens is 7. The minimum atomic E-state index is 0.798. The van der Waals surface area contributed by atoms with E-state index < -0.39 is 0 Å². The van der Waals surface area contributed by atoms with E-state index >= 15 is 0 Å². The molecule has 0 amide bonds. The molecule has 6 aromatic carbocycles. The van der Waals surface area contributed by atoms with Crippen LogP contribution >= 0.6 is 0 Å². The van der Waals surface area contributed by atoms with Crippen molar-refractivity contribution in [3.8, 4) is 23.3 Å². The summed E-state index contributed by atoms with van der Waals surface area (Å²) < 4.78 is 9.10. The van der Waals surface area contributed by atoms with Gasteiger partial charge in [-0.15, -0.1) is 0 Å². The van der Waals surface area contributed by atoms with Crippen molar-refractivity contribution < 1.29 is 0 Å². The topological polar surface area (TPSA) is 58.4 Å². The molecule has 270 valence electrons. The Labute approximate surface area is 330 Å². The van der Waals surface area contributed by atoms with Crippen LogP contribution in [0, 0.1) is 0 Å². The second-order valence-electron chi connectivity index (χ2n) is 14.9. The van der Waals surface area contributed by atoms with Gasteiger partial charge in [0.25, 0.3) is 0 Å². The molecule has 7 aromatic heterocycles. The lowest BCUT2D eigenvalue weighted by Gasteiger charge is -2.12. The van der Waals surface area contributed by atoms with Gasteiger partial charge in [0.15, 0.2) is 0 Å². The lowest BCUT2D eigenvalue weighted by molar-refractivity contribution is 1.00. The van der Waals surface area contributed by atoms with Crippen LogP contribution in [0.2, 0.25) is 0 Å². The quantitative estimate of drug-likeness (QED) is 0.180. The van der Waals surface area contributed by atoms with Gasteiger partial charge < -0.3 is 0 Å². The van der Waals surface area contributed by atoms with Crippen molar-refractivity contribution in [3.05, 3.63) is 188 Å². The summed E-state index contributed by atoms with van der Waals surface area (Å²) in [5.41, 5.74) is 8.54. The molecule has 7 nitrogen and oxygen atoms in total. The zero-order chi connectivity index (χ0) is 37.9. The fraction of sp³-hybridized carbons (Fsp3) is 0. The van der Waals surface area contributed by atoms with Gasteiger partial charge in [0.2, 0.25) is 0 Å². The van der Waals surface area contributed by atoms with E-state index in [4.69, 9.17) is 15.0 Å². The van der Waals surface area contributed by atoms with Crippen molar-refractivity contribution in [1.29, 1.82) is 0 Å². The molecule has 0 aliphatic rings. The fourth-order valence-corrected chi connectivity index (χ4v) is 9.51. The molecule has 0 saturated heterocycles. The highest BCUT2D eigenvalue weighted by molar-refractivity contribution is 6.25. The Bertz CT molecular complexity index is 3710. The van der Waals surface area contributed by atoms with E-state index in [0.29, 0.717) is 0 Å². The predicted octanol–water partition coefficient (Wildman–Crippen LogP) is 12.3. The third-order valence-electron chi connectivity index (χ3n) is 11.8. The number of benzene rings is 6. The Balaban J connectivity index is 1.09. The standard InChI is InChI=1S/C51H31N7/c1-6-20-39-32(14-1)33-15-2-7-21-40(33)55(39)45-25-11-27-47(53-45)57-43-24-10-5-18-36(43)37-29-30-44-49(50(37)57)38-19-13-31-52-51(38)58(44)48-28-12-26-46(54-48)56-41-22-8-3-16-34(41)35-17-4-9-23-42(35)56/h1-31H. The van der Waals surface area contributed by atoms with Crippen molar-refractivity contribution >= 4 is 87.4 Å². The molecule has 0 unspecified atom stereocenters. The average molecular weight is 742 g/mol. The first kappa shape index (κ1) is 31.2. The number of hydrogen-bond acceptors (Lipinski definition) is 3. The third kappa shape index (κ3) is 4.19. The number of fused-ring (bicyclic) bond motifs is 13. The maximum absolute atomic E-state index is 5.49. The molecule has 58 heavy (non-hydrogen) atoms. The molecular weight excluding hydrogens is 711 g/mol. The molecule has 0 atom stereocenters. The highest BCUT2D eigenvalue weighted by Gasteiger charge is 2.23. The van der Waals surface area contributed by atoms with Gasteiger partial charge in [0.05, 0.1) is 38.6 Å². The van der Waals surface area contributed by atoms with Crippen molar-refractivity contribution in [1.82, 2.24) is 33.2 Å². The monoisotopic (exact) mass is 741 g/mol. The fourth-order valence-electron chi connectivity index (χ4n) is 9.51. The van der Waals surface area contributed by atoms with Gasteiger partial charge in [-0.2, -0.15) is 0 Å². The maximum Gasteiger partial charge on any atom is 0.146 e. The largest absolute Gasteiger partial charge is 0.294 e. The van der Waals surface area contributed by atoms with Crippen molar-refractivity contribution in [2.75, 3.05) is 0 Å². The zero-order valence-corrected chi connectivity index (χ0v) is 31.0. The molecule has 0 aliphatic carbocycles. The maximum atomic E-state index is 5.49. The van der Waals surface area contributed by atoms with E-state index in [1.807, 2.05) is 12.3 Å². The Hall–Kier alpha value is -8.03. The van der Waals surface area contributed by atoms with Crippen molar-refractivity contribution in [2.24, 2.45) is 0 Å². The molecule has 13 rings (SSSR count). The minimum absolute atomic E-state index is 0.798. The number of nitrogens with zero attached hydrogens (tertiary/aromatic N) is 7. The zero-order valence-electron chi connectivity index (χ0n) is 31.0. The molecule has 7 heteroatoms. The Morgan fingerprint density at radius 2 is 0.672 bits per heavy atom. The van der Waals surface area contributed by atoms with E-state index in [0.717, 1.165) is 83.7 Å². The van der Waals surface area contributed by atoms with Crippen LogP contribution in [-0.2, 0) is 0 Å². The van der Waals surface area contributed by atoms with Gasteiger partial charge >= 0.3 is 0 Å². The van der Waals surface area contributed by atoms with E-state index in [9.17, 15) is 0 Å². The lowest BCUT2D eigenvalue weighted by atomic mass is 10.1. The second-order valence-corrected chi connectivity index (χ2v) is 14.9. The molecule has 7 heterocycles. The summed E-state index contributed by atoms with van der Waals surface area (Å²) in [6, 6.07) is 64.2. The van der Waals surface area contributed by atoms with Gasteiger partial charge in [0, 0.05) is 49.3 Å². The minimum Gasteiger partial charge on any atom is -0.294 e. The Morgan fingerprint density at radius 1 is 0.276 bits per heavy atom. The van der Waals surface area contributed by atoms with Gasteiger partial charge in [-0.3, -0.25) is 18.3 Å². The van der Waals surface area contributed by atoms with E-state index in [1.54, 1.807) is 0 Å². The normalized spacial score (nSPS) is 12.1. The summed E-state index contributed by atoms with van der Waals surface area (Å²) in [6.07, 6.45) is 1.87. The number of para-hydroxylation sites is 5. The third-order valence-corrected chi connectivity index (χ3v) is 11.8. The molecule has 0 bridgehead atoms. The summed E-state index contributed by atoms with van der Waals surface area (Å²) >= 11 is 0. The van der Waals surface area contributed by atoms with E-state index in [-0.39, 0.29) is 0 Å². The predicted molar refractivity (Wildman–Crippen MR) is 237 cm³/mol. The SMILES string of the molecule is c1cc(-n2c3ccccc3c3ccccc32)nc(-n2c3ccc4c5ccccc5n(-c5cccc(-n6c7ccccc7c7ccccc76)n5)c4c3c3cccnc32)c1. The molecule has 0 saturated carbocycles. The Morgan fingerprint density at radius 3 is 1.17 bits per heavy atom. The van der Waals surface area contributed by atoms with Crippen molar-refractivity contribution in [2.45, 2.75) is 0 Å². The van der Waals surface area contributed by atoms with Crippen molar-refractivity contribution in [3.63, 3.8) is 0 Å². The molecular formula is C51H31N7. The average Bonchev–Trinajstić information content (AvgIpc) is 4.01. The lowest BCUT2D eigenvalue weighted by Crippen LogP contribution is -2.04. The second kappa shape index (κ2) is 11.7. The molecule has 0 radical (unpaired) electrons. The van der Waals surface area contributed by atoms with Crippen LogP contribution in [0.1, 0.15) is 0 Å². The van der Waals surface area contributed by atoms with Crippen LogP contribution in [-0.4, -0.2) is 33.2 Å². The van der Waals surface area contributed by atoms with Crippen LogP contribution in [0.3, 0.4) is 0 Å². The van der Waals surface area contributed by atoms with Gasteiger partial charge in [-0.1, -0.05) is 109 Å². The molecule has 0 spiro atoms. The van der Waals surface area contributed by atoms with Crippen LogP contribution < -0.4 is 0 Å². The van der Waals surface area contributed by atoms with Gasteiger partial charge in [-0.05, 0) is 72.8 Å². The summed E-state index contributed by atoms with van der Waals surface area (Å²) in [7, 11) is 0. The van der Waals surface area contributed by atoms with Gasteiger partial charge in [0.1, 0.15) is 28.9 Å². The summed E-state index contributed by atoms with van der Waals surface area (Å²) in [5, 5.41) is 9.30.